The summed E-state index contributed by atoms with van der Waals surface area (Å²) < 4.78 is 11.6. The summed E-state index contributed by atoms with van der Waals surface area (Å²) in [5.74, 6) is 2.25. The molecule has 0 fully saturated rings. The number of rotatable bonds is 7. The number of benzene rings is 2. The van der Waals surface area contributed by atoms with Crippen molar-refractivity contribution in [2.75, 3.05) is 18.5 Å². The van der Waals surface area contributed by atoms with Gasteiger partial charge in [-0.1, -0.05) is 6.92 Å². The van der Waals surface area contributed by atoms with Crippen LogP contribution in [0.25, 0.3) is 10.9 Å². The summed E-state index contributed by atoms with van der Waals surface area (Å²) in [7, 11) is 0. The van der Waals surface area contributed by atoms with Crippen molar-refractivity contribution in [3.8, 4) is 17.4 Å². The van der Waals surface area contributed by atoms with Crippen LogP contribution in [0.2, 0.25) is 0 Å². The Labute approximate surface area is 148 Å². The zero-order valence-corrected chi connectivity index (χ0v) is 15.0. The largest absolute Gasteiger partial charge is 0.494 e. The predicted octanol–water partition coefficient (Wildman–Crippen LogP) is 5.56. The van der Waals surface area contributed by atoms with E-state index in [2.05, 4.69) is 30.2 Å². The smallest absolute Gasteiger partial charge is 0.219 e. The lowest BCUT2D eigenvalue weighted by Gasteiger charge is -2.11. The van der Waals surface area contributed by atoms with Gasteiger partial charge < -0.3 is 14.8 Å². The number of nitrogens with one attached hydrogen (secondary N) is 1. The summed E-state index contributed by atoms with van der Waals surface area (Å²) in [5, 5.41) is 4.40. The average molecular weight is 336 g/mol. The van der Waals surface area contributed by atoms with E-state index in [1.807, 2.05) is 49.4 Å². The third kappa shape index (κ3) is 4.21. The maximum absolute atomic E-state index is 5.97. The van der Waals surface area contributed by atoms with Crippen LogP contribution >= 0.6 is 0 Å². The first-order chi connectivity index (χ1) is 12.2. The molecular formula is C21H24N2O2. The molecule has 0 amide bonds. The van der Waals surface area contributed by atoms with Gasteiger partial charge in [0.2, 0.25) is 5.88 Å². The third-order valence-corrected chi connectivity index (χ3v) is 3.88. The van der Waals surface area contributed by atoms with Crippen molar-refractivity contribution in [2.24, 2.45) is 0 Å². The fourth-order valence-electron chi connectivity index (χ4n) is 2.64. The molecule has 0 radical (unpaired) electrons. The maximum Gasteiger partial charge on any atom is 0.219 e. The highest BCUT2D eigenvalue weighted by Gasteiger charge is 2.06. The molecular weight excluding hydrogens is 312 g/mol. The van der Waals surface area contributed by atoms with Gasteiger partial charge in [-0.25, -0.2) is 4.98 Å². The van der Waals surface area contributed by atoms with E-state index >= 15 is 0 Å². The molecule has 0 aliphatic heterocycles. The first kappa shape index (κ1) is 17.1. The SMILES string of the molecule is CCCOc1ccc(Oc2ccc3cc(NCC)ccc3n2)c(C)c1. The van der Waals surface area contributed by atoms with Crippen molar-refractivity contribution in [1.29, 1.82) is 0 Å². The van der Waals surface area contributed by atoms with Crippen molar-refractivity contribution < 1.29 is 9.47 Å². The fourth-order valence-corrected chi connectivity index (χ4v) is 2.64. The summed E-state index contributed by atoms with van der Waals surface area (Å²) in [6, 6.07) is 15.9. The van der Waals surface area contributed by atoms with Crippen LogP contribution in [0, 0.1) is 6.92 Å². The summed E-state index contributed by atoms with van der Waals surface area (Å²) in [6.07, 6.45) is 0.994. The zero-order chi connectivity index (χ0) is 17.6. The number of hydrogen-bond donors (Lipinski definition) is 1. The van der Waals surface area contributed by atoms with E-state index in [1.165, 1.54) is 0 Å². The van der Waals surface area contributed by atoms with Gasteiger partial charge in [-0.05, 0) is 68.3 Å². The number of nitrogens with zero attached hydrogens (tertiary/aromatic N) is 1. The third-order valence-electron chi connectivity index (χ3n) is 3.88. The maximum atomic E-state index is 5.97. The number of fused-ring (bicyclic) bond motifs is 1. The van der Waals surface area contributed by atoms with Gasteiger partial charge in [0.25, 0.3) is 0 Å². The summed E-state index contributed by atoms with van der Waals surface area (Å²) in [4.78, 5) is 4.60. The Morgan fingerprint density at radius 1 is 1.00 bits per heavy atom. The highest BCUT2D eigenvalue weighted by atomic mass is 16.5. The van der Waals surface area contributed by atoms with Crippen molar-refractivity contribution in [3.63, 3.8) is 0 Å². The van der Waals surface area contributed by atoms with Crippen molar-refractivity contribution in [3.05, 3.63) is 54.1 Å². The van der Waals surface area contributed by atoms with Gasteiger partial charge in [-0.15, -0.1) is 0 Å². The van der Waals surface area contributed by atoms with Crippen LogP contribution in [-0.2, 0) is 0 Å². The van der Waals surface area contributed by atoms with Crippen molar-refractivity contribution in [1.82, 2.24) is 4.98 Å². The van der Waals surface area contributed by atoms with Gasteiger partial charge in [0, 0.05) is 23.7 Å². The molecule has 4 nitrogen and oxygen atoms in total. The molecule has 25 heavy (non-hydrogen) atoms. The Hall–Kier alpha value is -2.75. The lowest BCUT2D eigenvalue weighted by Crippen LogP contribution is -1.97. The monoisotopic (exact) mass is 336 g/mol. The van der Waals surface area contributed by atoms with E-state index in [-0.39, 0.29) is 0 Å². The topological polar surface area (TPSA) is 43.4 Å². The number of anilines is 1. The molecule has 130 valence electrons. The normalized spacial score (nSPS) is 10.7. The minimum atomic E-state index is 0.592. The Morgan fingerprint density at radius 2 is 1.88 bits per heavy atom. The molecule has 1 heterocycles. The molecule has 0 aliphatic carbocycles. The molecule has 3 aromatic rings. The van der Waals surface area contributed by atoms with Crippen molar-refractivity contribution in [2.45, 2.75) is 27.2 Å². The second-order valence-electron chi connectivity index (χ2n) is 5.97. The molecule has 3 rings (SSSR count). The molecule has 0 bridgehead atoms. The lowest BCUT2D eigenvalue weighted by molar-refractivity contribution is 0.316. The van der Waals surface area contributed by atoms with Crippen LogP contribution in [0.1, 0.15) is 25.8 Å². The van der Waals surface area contributed by atoms with Crippen LogP contribution in [0.15, 0.2) is 48.5 Å². The van der Waals surface area contributed by atoms with E-state index in [0.29, 0.717) is 5.88 Å². The van der Waals surface area contributed by atoms with Crippen LogP contribution in [-0.4, -0.2) is 18.1 Å². The number of hydrogen-bond acceptors (Lipinski definition) is 4. The number of aryl methyl sites for hydroxylation is 1. The Morgan fingerprint density at radius 3 is 2.64 bits per heavy atom. The second-order valence-corrected chi connectivity index (χ2v) is 5.97. The molecule has 2 aromatic carbocycles. The predicted molar refractivity (Wildman–Crippen MR) is 103 cm³/mol. The highest BCUT2D eigenvalue weighted by Crippen LogP contribution is 2.29. The first-order valence-electron chi connectivity index (χ1n) is 8.75. The molecule has 1 N–H and O–H groups in total. The quantitative estimate of drug-likeness (QED) is 0.614. The van der Waals surface area contributed by atoms with E-state index in [4.69, 9.17) is 9.47 Å². The van der Waals surface area contributed by atoms with E-state index in [1.54, 1.807) is 0 Å². The fraction of sp³-hybridized carbons (Fsp3) is 0.286. The zero-order valence-electron chi connectivity index (χ0n) is 15.0. The van der Waals surface area contributed by atoms with Crippen LogP contribution < -0.4 is 14.8 Å². The molecule has 0 unspecified atom stereocenters. The average Bonchev–Trinajstić information content (AvgIpc) is 2.62. The standard InChI is InChI=1S/C21H24N2O2/c1-4-12-24-18-8-10-20(15(3)13-18)25-21-11-6-16-14-17(22-5-2)7-9-19(16)23-21/h6-11,13-14,22H,4-5,12H2,1-3H3. The summed E-state index contributed by atoms with van der Waals surface area (Å²) in [5.41, 5.74) is 3.04. The van der Waals surface area contributed by atoms with Crippen LogP contribution in [0.3, 0.4) is 0 Å². The highest BCUT2D eigenvalue weighted by molar-refractivity contribution is 5.82. The molecule has 0 saturated heterocycles. The van der Waals surface area contributed by atoms with Crippen LogP contribution in [0.5, 0.6) is 17.4 Å². The molecule has 0 saturated carbocycles. The van der Waals surface area contributed by atoms with Gasteiger partial charge in [-0.3, -0.25) is 0 Å². The Balaban J connectivity index is 1.79. The Bertz CT molecular complexity index is 862. The molecule has 1 aromatic heterocycles. The molecule has 4 heteroatoms. The molecule has 0 atom stereocenters. The first-order valence-corrected chi connectivity index (χ1v) is 8.75. The van der Waals surface area contributed by atoms with E-state index in [0.717, 1.165) is 53.2 Å². The number of pyridine rings is 1. The second kappa shape index (κ2) is 7.88. The van der Waals surface area contributed by atoms with Crippen molar-refractivity contribution >= 4 is 16.6 Å². The van der Waals surface area contributed by atoms with Crippen LogP contribution in [0.4, 0.5) is 5.69 Å². The van der Waals surface area contributed by atoms with Gasteiger partial charge in [-0.2, -0.15) is 0 Å². The molecule has 0 aliphatic rings. The number of aromatic nitrogens is 1. The Kier molecular flexibility index (Phi) is 5.39. The number of ether oxygens (including phenoxy) is 2. The van der Waals surface area contributed by atoms with E-state index in [9.17, 15) is 0 Å². The van der Waals surface area contributed by atoms with E-state index < -0.39 is 0 Å². The minimum absolute atomic E-state index is 0.592. The molecule has 0 spiro atoms. The summed E-state index contributed by atoms with van der Waals surface area (Å²) >= 11 is 0. The van der Waals surface area contributed by atoms with Gasteiger partial charge in [0.15, 0.2) is 0 Å². The van der Waals surface area contributed by atoms with Gasteiger partial charge >= 0.3 is 0 Å². The van der Waals surface area contributed by atoms with Gasteiger partial charge in [0.05, 0.1) is 12.1 Å². The summed E-state index contributed by atoms with van der Waals surface area (Å²) in [6.45, 7) is 7.81. The van der Waals surface area contributed by atoms with Gasteiger partial charge in [0.1, 0.15) is 11.5 Å². The minimum Gasteiger partial charge on any atom is -0.494 e. The lowest BCUT2D eigenvalue weighted by atomic mass is 10.2.